The van der Waals surface area contributed by atoms with Gasteiger partial charge >= 0.3 is 6.18 Å². The minimum Gasteiger partial charge on any atom is -0.251 e. The third-order valence-electron chi connectivity index (χ3n) is 2.96. The van der Waals surface area contributed by atoms with Gasteiger partial charge in [-0.2, -0.15) is 21.6 Å². The lowest BCUT2D eigenvalue weighted by molar-refractivity contribution is -0.188. The fraction of sp³-hybridized carbons (Fsp3) is 0.538. The summed E-state index contributed by atoms with van der Waals surface area (Å²) in [5.74, 6) is 1.14. The Balaban J connectivity index is 2.23. The first-order valence-corrected chi connectivity index (χ1v) is 10.0. The van der Waals surface area contributed by atoms with Crippen LogP contribution in [0.15, 0.2) is 29.2 Å². The molecule has 1 aliphatic rings. The minimum atomic E-state index is -4.74. The summed E-state index contributed by atoms with van der Waals surface area (Å²) in [6.07, 6.45) is -6.27. The quantitative estimate of drug-likeness (QED) is 0.752. The Kier molecular flexibility index (Phi) is 5.73. The summed E-state index contributed by atoms with van der Waals surface area (Å²) in [4.78, 5) is -0.266. The Labute approximate surface area is 136 Å². The molecule has 0 N–H and O–H groups in total. The van der Waals surface area contributed by atoms with E-state index in [1.54, 1.807) is 6.92 Å². The molecule has 1 aliphatic heterocycles. The van der Waals surface area contributed by atoms with Gasteiger partial charge < -0.3 is 0 Å². The molecular weight excluding hydrogens is 357 g/mol. The van der Waals surface area contributed by atoms with Gasteiger partial charge in [0.2, 0.25) is 0 Å². The van der Waals surface area contributed by atoms with Gasteiger partial charge in [0.15, 0.2) is 6.10 Å². The van der Waals surface area contributed by atoms with Gasteiger partial charge in [0.05, 0.1) is 9.48 Å². The normalized spacial score (nSPS) is 19.1. The van der Waals surface area contributed by atoms with Crippen LogP contribution in [0.5, 0.6) is 0 Å². The molecular formula is C13H15F3O3S3. The third-order valence-corrected chi connectivity index (χ3v) is 7.29. The van der Waals surface area contributed by atoms with Crippen LogP contribution in [0.2, 0.25) is 0 Å². The first-order chi connectivity index (χ1) is 10.2. The maximum Gasteiger partial charge on any atom is 0.418 e. The van der Waals surface area contributed by atoms with Crippen LogP contribution >= 0.6 is 23.5 Å². The van der Waals surface area contributed by atoms with Crippen molar-refractivity contribution in [2.75, 3.05) is 11.5 Å². The van der Waals surface area contributed by atoms with Crippen LogP contribution in [-0.4, -0.2) is 36.8 Å². The number of alkyl halides is 3. The molecule has 1 unspecified atom stereocenters. The third kappa shape index (κ3) is 4.56. The average molecular weight is 372 g/mol. The fourth-order valence-electron chi connectivity index (χ4n) is 1.83. The van der Waals surface area contributed by atoms with Gasteiger partial charge in [-0.25, -0.2) is 0 Å². The molecule has 1 heterocycles. The summed E-state index contributed by atoms with van der Waals surface area (Å²) in [6, 6.07) is 5.53. The van der Waals surface area contributed by atoms with Crippen LogP contribution in [0, 0.1) is 6.92 Å². The SMILES string of the molecule is Cc1ccc(S(=O)(=O)OC(C2SCCCS2)C(F)(F)F)cc1. The second-order valence-electron chi connectivity index (χ2n) is 4.79. The van der Waals surface area contributed by atoms with E-state index >= 15 is 0 Å². The lowest BCUT2D eigenvalue weighted by Crippen LogP contribution is -2.41. The molecule has 0 amide bonds. The van der Waals surface area contributed by atoms with Crippen molar-refractivity contribution in [3.63, 3.8) is 0 Å². The largest absolute Gasteiger partial charge is 0.418 e. The molecule has 0 spiro atoms. The monoisotopic (exact) mass is 372 g/mol. The van der Waals surface area contributed by atoms with Crippen LogP contribution in [0.3, 0.4) is 0 Å². The summed E-state index contributed by atoms with van der Waals surface area (Å²) in [5.41, 5.74) is 0.810. The Hall–Kier alpha value is -0.380. The zero-order valence-electron chi connectivity index (χ0n) is 11.7. The maximum absolute atomic E-state index is 13.2. The second kappa shape index (κ2) is 7.02. The summed E-state index contributed by atoms with van der Waals surface area (Å²) in [6.45, 7) is 1.76. The van der Waals surface area contributed by atoms with Gasteiger partial charge in [-0.15, -0.1) is 23.5 Å². The lowest BCUT2D eigenvalue weighted by atomic mass is 10.2. The molecule has 1 atom stereocenters. The van der Waals surface area contributed by atoms with E-state index in [9.17, 15) is 21.6 Å². The zero-order chi connectivity index (χ0) is 16.4. The van der Waals surface area contributed by atoms with E-state index in [0.29, 0.717) is 11.5 Å². The molecule has 9 heteroatoms. The number of rotatable bonds is 4. The summed E-state index contributed by atoms with van der Waals surface area (Å²) < 4.78 is 67.4. The van der Waals surface area contributed by atoms with E-state index in [0.717, 1.165) is 35.5 Å². The highest BCUT2D eigenvalue weighted by molar-refractivity contribution is 8.17. The molecule has 0 radical (unpaired) electrons. The van der Waals surface area contributed by atoms with E-state index in [4.69, 9.17) is 0 Å². The smallest absolute Gasteiger partial charge is 0.251 e. The van der Waals surface area contributed by atoms with Crippen molar-refractivity contribution in [1.82, 2.24) is 0 Å². The molecule has 3 nitrogen and oxygen atoms in total. The molecule has 2 rings (SSSR count). The van der Waals surface area contributed by atoms with Crippen molar-refractivity contribution in [3.05, 3.63) is 29.8 Å². The topological polar surface area (TPSA) is 43.4 Å². The van der Waals surface area contributed by atoms with Crippen LogP contribution in [0.1, 0.15) is 12.0 Å². The summed E-state index contributed by atoms with van der Waals surface area (Å²) in [5, 5.41) is 0. The predicted octanol–water partition coefficient (Wildman–Crippen LogP) is 3.83. The van der Waals surface area contributed by atoms with Crippen LogP contribution in [0.25, 0.3) is 0 Å². The molecule has 1 saturated heterocycles. The number of thioether (sulfide) groups is 2. The molecule has 1 fully saturated rings. The van der Waals surface area contributed by atoms with E-state index in [1.807, 2.05) is 0 Å². The Bertz CT molecular complexity index is 593. The highest BCUT2D eigenvalue weighted by atomic mass is 32.2. The Morgan fingerprint density at radius 1 is 1.18 bits per heavy atom. The van der Waals surface area contributed by atoms with Gasteiger partial charge in [-0.05, 0) is 37.0 Å². The van der Waals surface area contributed by atoms with Crippen molar-refractivity contribution in [3.8, 4) is 0 Å². The molecule has 0 aromatic heterocycles. The number of benzene rings is 1. The molecule has 0 saturated carbocycles. The maximum atomic E-state index is 13.2. The van der Waals surface area contributed by atoms with Gasteiger partial charge in [0.1, 0.15) is 0 Å². The molecule has 1 aromatic carbocycles. The van der Waals surface area contributed by atoms with Gasteiger partial charge in [0.25, 0.3) is 10.1 Å². The van der Waals surface area contributed by atoms with E-state index in [1.165, 1.54) is 24.3 Å². The summed E-state index contributed by atoms with van der Waals surface area (Å²) >= 11 is 2.18. The van der Waals surface area contributed by atoms with Crippen molar-refractivity contribution in [1.29, 1.82) is 0 Å². The van der Waals surface area contributed by atoms with E-state index in [-0.39, 0.29) is 4.90 Å². The zero-order valence-corrected chi connectivity index (χ0v) is 14.1. The Morgan fingerprint density at radius 3 is 2.23 bits per heavy atom. The number of aryl methyl sites for hydroxylation is 1. The fourth-order valence-corrected chi connectivity index (χ4v) is 6.05. The molecule has 1 aromatic rings. The first kappa shape index (κ1) is 18.0. The standard InChI is InChI=1S/C13H15F3O3S3/c1-9-3-5-10(6-4-9)22(17,18)19-11(13(14,15)16)12-20-7-2-8-21-12/h3-6,11-12H,2,7-8H2,1H3. The highest BCUT2D eigenvalue weighted by Crippen LogP contribution is 2.41. The minimum absolute atomic E-state index is 0.266. The molecule has 0 bridgehead atoms. The average Bonchev–Trinajstić information content (AvgIpc) is 2.45. The second-order valence-corrected chi connectivity index (χ2v) is 9.16. The molecule has 124 valence electrons. The highest BCUT2D eigenvalue weighted by Gasteiger charge is 2.49. The van der Waals surface area contributed by atoms with Gasteiger partial charge in [-0.3, -0.25) is 4.18 Å². The van der Waals surface area contributed by atoms with E-state index in [2.05, 4.69) is 4.18 Å². The summed E-state index contributed by atoms with van der Waals surface area (Å²) in [7, 11) is -4.46. The number of hydrogen-bond donors (Lipinski definition) is 0. The Morgan fingerprint density at radius 2 is 1.73 bits per heavy atom. The van der Waals surface area contributed by atoms with E-state index < -0.39 is 27.0 Å². The number of halogens is 3. The molecule has 0 aliphatic carbocycles. The van der Waals surface area contributed by atoms with Crippen molar-refractivity contribution >= 4 is 33.6 Å². The molecule has 22 heavy (non-hydrogen) atoms. The van der Waals surface area contributed by atoms with Crippen LogP contribution in [0.4, 0.5) is 13.2 Å². The van der Waals surface area contributed by atoms with Gasteiger partial charge in [-0.1, -0.05) is 17.7 Å². The first-order valence-electron chi connectivity index (χ1n) is 6.50. The van der Waals surface area contributed by atoms with Crippen molar-refractivity contribution in [2.45, 2.75) is 35.1 Å². The number of hydrogen-bond acceptors (Lipinski definition) is 5. The van der Waals surface area contributed by atoms with Crippen LogP contribution < -0.4 is 0 Å². The van der Waals surface area contributed by atoms with Gasteiger partial charge in [0, 0.05) is 0 Å². The van der Waals surface area contributed by atoms with Crippen LogP contribution in [-0.2, 0) is 14.3 Å². The van der Waals surface area contributed by atoms with Crippen molar-refractivity contribution in [2.24, 2.45) is 0 Å². The lowest BCUT2D eigenvalue weighted by Gasteiger charge is -2.30. The predicted molar refractivity (Wildman–Crippen MR) is 82.6 cm³/mol. The van der Waals surface area contributed by atoms with Crippen molar-refractivity contribution < 1.29 is 25.8 Å².